The molecule has 1 atom stereocenters. The van der Waals surface area contributed by atoms with E-state index in [1.54, 1.807) is 7.11 Å². The number of allylic oxidation sites excluding steroid dienone is 2. The molecule has 1 aliphatic heterocycles. The number of anilines is 1. The normalized spacial score (nSPS) is 20.1. The Morgan fingerprint density at radius 3 is 2.65 bits per heavy atom. The topological polar surface area (TPSA) is 21.3 Å². The second kappa shape index (κ2) is 5.82. The summed E-state index contributed by atoms with van der Waals surface area (Å²) in [4.78, 5) is 0. The van der Waals surface area contributed by atoms with Crippen LogP contribution in [0.15, 0.2) is 46.9 Å². The zero-order chi connectivity index (χ0) is 12.1. The maximum Gasteiger partial charge on any atom is 0.119 e. The van der Waals surface area contributed by atoms with Gasteiger partial charge in [0.05, 0.1) is 12.1 Å². The predicted octanol–water partition coefficient (Wildman–Crippen LogP) is 3.89. The summed E-state index contributed by atoms with van der Waals surface area (Å²) in [5, 5.41) is 7.18. The average Bonchev–Trinajstić information content (AvgIpc) is 2.78. The number of thiol groups is 1. The summed E-state index contributed by atoms with van der Waals surface area (Å²) < 4.78 is 5.15. The highest BCUT2D eigenvalue weighted by Gasteiger charge is 2.09. The maximum absolute atomic E-state index is 5.15. The molecule has 2 nitrogen and oxygen atoms in total. The summed E-state index contributed by atoms with van der Waals surface area (Å²) in [7, 11) is 1.58. The van der Waals surface area contributed by atoms with Gasteiger partial charge in [0.2, 0.25) is 0 Å². The molecular formula is C14H19NOS. The molecule has 2 rings (SSSR count). The van der Waals surface area contributed by atoms with E-state index in [0.29, 0.717) is 0 Å². The van der Waals surface area contributed by atoms with E-state index in [9.17, 15) is 0 Å². The molecule has 1 unspecified atom stereocenters. The van der Waals surface area contributed by atoms with Crippen molar-refractivity contribution in [2.45, 2.75) is 13.3 Å². The van der Waals surface area contributed by atoms with E-state index < -0.39 is 0 Å². The lowest BCUT2D eigenvalue weighted by Gasteiger charge is -2.19. The zero-order valence-corrected chi connectivity index (χ0v) is 11.2. The number of ether oxygens (including phenoxy) is 1. The van der Waals surface area contributed by atoms with Crippen molar-refractivity contribution in [1.29, 1.82) is 0 Å². The Kier molecular flexibility index (Phi) is 4.15. The van der Waals surface area contributed by atoms with E-state index in [1.807, 2.05) is 12.1 Å². The highest BCUT2D eigenvalue weighted by atomic mass is 32.2. The summed E-state index contributed by atoms with van der Waals surface area (Å²) in [5.74, 6) is 2.16. The van der Waals surface area contributed by atoms with Crippen molar-refractivity contribution in [2.24, 2.45) is 0 Å². The highest BCUT2D eigenvalue weighted by molar-refractivity contribution is 8.23. The van der Waals surface area contributed by atoms with Gasteiger partial charge in [-0.2, -0.15) is 10.9 Å². The van der Waals surface area contributed by atoms with Crippen LogP contribution in [-0.4, -0.2) is 12.9 Å². The fraction of sp³-hybridized carbons (Fsp3) is 0.286. The van der Waals surface area contributed by atoms with Crippen molar-refractivity contribution in [3.05, 3.63) is 46.9 Å². The molecule has 0 radical (unpaired) electrons. The van der Waals surface area contributed by atoms with Crippen LogP contribution >= 0.6 is 10.9 Å². The Morgan fingerprint density at radius 1 is 1.24 bits per heavy atom. The van der Waals surface area contributed by atoms with E-state index >= 15 is 0 Å². The van der Waals surface area contributed by atoms with Gasteiger partial charge in [-0.1, -0.05) is 13.0 Å². The molecule has 1 aliphatic rings. The zero-order valence-electron chi connectivity index (χ0n) is 10.3. The van der Waals surface area contributed by atoms with Gasteiger partial charge >= 0.3 is 0 Å². The van der Waals surface area contributed by atoms with Gasteiger partial charge in [0, 0.05) is 5.69 Å². The number of nitrogens with one attached hydrogen (secondary N) is 1. The minimum Gasteiger partial charge on any atom is -0.497 e. The minimum atomic E-state index is -0.105. The second-order valence-electron chi connectivity index (χ2n) is 3.94. The first kappa shape index (κ1) is 12.1. The van der Waals surface area contributed by atoms with Crippen LogP contribution < -0.4 is 10.1 Å². The van der Waals surface area contributed by atoms with Crippen LogP contribution in [-0.2, 0) is 0 Å². The van der Waals surface area contributed by atoms with Crippen molar-refractivity contribution in [3.63, 3.8) is 0 Å². The highest BCUT2D eigenvalue weighted by Crippen LogP contribution is 2.41. The van der Waals surface area contributed by atoms with E-state index in [2.05, 4.69) is 41.9 Å². The Bertz CT molecular complexity index is 422. The maximum atomic E-state index is 5.15. The molecule has 0 saturated carbocycles. The van der Waals surface area contributed by atoms with Gasteiger partial charge < -0.3 is 10.1 Å². The lowest BCUT2D eigenvalue weighted by molar-refractivity contribution is 0.415. The molecule has 1 aromatic rings. The number of benzene rings is 1. The average molecular weight is 249 g/mol. The van der Waals surface area contributed by atoms with E-state index in [0.717, 1.165) is 11.4 Å². The molecule has 0 amide bonds. The van der Waals surface area contributed by atoms with Crippen LogP contribution in [0.2, 0.25) is 0 Å². The largest absolute Gasteiger partial charge is 0.497 e. The Hall–Kier alpha value is -1.35. The van der Waals surface area contributed by atoms with Crippen molar-refractivity contribution in [2.75, 3.05) is 18.2 Å². The molecule has 92 valence electrons. The van der Waals surface area contributed by atoms with Crippen LogP contribution in [0.1, 0.15) is 13.3 Å². The quantitative estimate of drug-likeness (QED) is 0.773. The molecular weight excluding hydrogens is 230 g/mol. The second-order valence-corrected chi connectivity index (χ2v) is 6.11. The first-order valence-electron chi connectivity index (χ1n) is 5.89. The standard InChI is InChI=1S/C14H19NOS/c1-3-10-17-11-4-5-14(17)15-12-6-8-13(16-2)9-7-12/h4-9,11,15,17H,3,10H2,1-2H3. The molecule has 1 aromatic carbocycles. The molecule has 1 N–H and O–H groups in total. The molecule has 3 heteroatoms. The van der Waals surface area contributed by atoms with Crippen molar-refractivity contribution in [1.82, 2.24) is 0 Å². The first-order valence-corrected chi connectivity index (χ1v) is 7.49. The van der Waals surface area contributed by atoms with Gasteiger partial charge in [0.1, 0.15) is 5.75 Å². The number of hydrogen-bond acceptors (Lipinski definition) is 2. The number of methoxy groups -OCH3 is 1. The molecule has 1 heterocycles. The summed E-state index contributed by atoms with van der Waals surface area (Å²) in [6.45, 7) is 2.24. The summed E-state index contributed by atoms with van der Waals surface area (Å²) in [6, 6.07) is 8.07. The summed E-state index contributed by atoms with van der Waals surface area (Å²) in [6.07, 6.45) is 5.58. The van der Waals surface area contributed by atoms with Gasteiger partial charge in [-0.05, 0) is 47.9 Å². The monoisotopic (exact) mass is 249 g/mol. The molecule has 0 aliphatic carbocycles. The van der Waals surface area contributed by atoms with Gasteiger partial charge in [-0.3, -0.25) is 0 Å². The van der Waals surface area contributed by atoms with Crippen LogP contribution in [0.4, 0.5) is 5.69 Å². The fourth-order valence-electron chi connectivity index (χ4n) is 1.79. The lowest BCUT2D eigenvalue weighted by Crippen LogP contribution is -1.99. The third kappa shape index (κ3) is 3.07. The Labute approximate surface area is 106 Å². The SMILES string of the molecule is CCC[SH]1C=CC=C1Nc1ccc(OC)cc1. The number of hydrogen-bond donors (Lipinski definition) is 2. The van der Waals surface area contributed by atoms with Gasteiger partial charge in [0.15, 0.2) is 0 Å². The van der Waals surface area contributed by atoms with E-state index in [4.69, 9.17) is 4.74 Å². The van der Waals surface area contributed by atoms with Crippen molar-refractivity contribution in [3.8, 4) is 5.75 Å². The fourth-order valence-corrected chi connectivity index (χ4v) is 3.66. The molecule has 0 bridgehead atoms. The number of rotatable bonds is 5. The van der Waals surface area contributed by atoms with E-state index in [1.165, 1.54) is 17.2 Å². The van der Waals surface area contributed by atoms with Crippen LogP contribution in [0.3, 0.4) is 0 Å². The lowest BCUT2D eigenvalue weighted by atomic mass is 10.3. The first-order chi connectivity index (χ1) is 8.33. The minimum absolute atomic E-state index is 0.105. The molecule has 0 fully saturated rings. The smallest absolute Gasteiger partial charge is 0.119 e. The van der Waals surface area contributed by atoms with Crippen molar-refractivity contribution >= 4 is 16.6 Å². The van der Waals surface area contributed by atoms with Crippen LogP contribution in [0.25, 0.3) is 0 Å². The molecule has 17 heavy (non-hydrogen) atoms. The third-order valence-corrected chi connectivity index (χ3v) is 5.00. The summed E-state index contributed by atoms with van der Waals surface area (Å²) in [5.41, 5.74) is 1.13. The van der Waals surface area contributed by atoms with Gasteiger partial charge in [0.25, 0.3) is 0 Å². The van der Waals surface area contributed by atoms with Gasteiger partial charge in [-0.15, -0.1) is 0 Å². The molecule has 0 aromatic heterocycles. The molecule has 0 spiro atoms. The predicted molar refractivity (Wildman–Crippen MR) is 78.0 cm³/mol. The Balaban J connectivity index is 2.00. The van der Waals surface area contributed by atoms with Crippen LogP contribution in [0.5, 0.6) is 5.75 Å². The third-order valence-electron chi connectivity index (χ3n) is 2.66. The van der Waals surface area contributed by atoms with Crippen molar-refractivity contribution < 1.29 is 4.74 Å². The molecule has 0 saturated heterocycles. The summed E-state index contributed by atoms with van der Waals surface area (Å²) >= 11 is 0. The Morgan fingerprint density at radius 2 is 2.00 bits per heavy atom. The van der Waals surface area contributed by atoms with Gasteiger partial charge in [-0.25, -0.2) is 0 Å². The van der Waals surface area contributed by atoms with E-state index in [-0.39, 0.29) is 10.9 Å². The van der Waals surface area contributed by atoms with Crippen LogP contribution in [0, 0.1) is 0 Å².